The molecule has 51 heavy (non-hydrogen) atoms. The van der Waals surface area contributed by atoms with E-state index in [0.717, 1.165) is 22.5 Å². The summed E-state index contributed by atoms with van der Waals surface area (Å²) >= 11 is 0. The molecular formula is C49H32N2. The van der Waals surface area contributed by atoms with E-state index in [0.29, 0.717) is 0 Å². The molecule has 0 unspecified atom stereocenters. The highest BCUT2D eigenvalue weighted by atomic mass is 15.0. The van der Waals surface area contributed by atoms with Gasteiger partial charge in [-0.05, 0) is 73.6 Å². The Morgan fingerprint density at radius 2 is 0.824 bits per heavy atom. The van der Waals surface area contributed by atoms with Gasteiger partial charge in [0.1, 0.15) is 0 Å². The number of pyridine rings is 1. The molecule has 2 heterocycles. The number of benzene rings is 8. The van der Waals surface area contributed by atoms with Crippen LogP contribution in [0.5, 0.6) is 0 Å². The first-order valence-corrected chi connectivity index (χ1v) is 17.5. The number of rotatable bonds is 5. The Labute approximate surface area is 296 Å². The van der Waals surface area contributed by atoms with Gasteiger partial charge in [-0.25, -0.2) is 0 Å². The Kier molecular flexibility index (Phi) is 6.85. The van der Waals surface area contributed by atoms with Crippen molar-refractivity contribution in [3.63, 3.8) is 0 Å². The number of hydrogen-bond donors (Lipinski definition) is 0. The minimum absolute atomic E-state index is 0.952. The fourth-order valence-electron chi connectivity index (χ4n) is 7.98. The lowest BCUT2D eigenvalue weighted by atomic mass is 9.86. The molecule has 2 nitrogen and oxygen atoms in total. The Morgan fingerprint density at radius 3 is 1.45 bits per heavy atom. The van der Waals surface area contributed by atoms with Crippen LogP contribution in [-0.2, 0) is 0 Å². The molecule has 0 saturated carbocycles. The Balaban J connectivity index is 1.14. The lowest BCUT2D eigenvalue weighted by Crippen LogP contribution is -1.96. The predicted molar refractivity (Wildman–Crippen MR) is 215 cm³/mol. The monoisotopic (exact) mass is 648 g/mol. The lowest BCUT2D eigenvalue weighted by Gasteiger charge is -2.18. The molecule has 0 atom stereocenters. The van der Waals surface area contributed by atoms with Crippen molar-refractivity contribution in [2.75, 3.05) is 0 Å². The number of fused-ring (bicyclic) bond motifs is 5. The molecule has 0 saturated heterocycles. The van der Waals surface area contributed by atoms with Crippen molar-refractivity contribution < 1.29 is 0 Å². The third-order valence-corrected chi connectivity index (χ3v) is 10.2. The fourth-order valence-corrected chi connectivity index (χ4v) is 7.98. The summed E-state index contributed by atoms with van der Waals surface area (Å²) in [7, 11) is 0. The van der Waals surface area contributed by atoms with Gasteiger partial charge in [-0.1, -0.05) is 164 Å². The quantitative estimate of drug-likeness (QED) is 0.170. The van der Waals surface area contributed by atoms with Gasteiger partial charge in [0.15, 0.2) is 0 Å². The average molecular weight is 649 g/mol. The standard InChI is InChI=1S/C49H32N2/c1-3-14-33(15-4-1)34-26-28-35(29-27-34)47-39-19-7-9-21-41(39)48(42-22-10-8-20-40(42)47)36-30-31-45(50-32-36)44-24-13-23-43-38-18-11-12-25-46(38)51(49(43)44)37-16-5-2-6-17-37/h1-32H. The molecule has 0 N–H and O–H groups in total. The van der Waals surface area contributed by atoms with E-state index in [1.807, 2.05) is 0 Å². The van der Waals surface area contributed by atoms with E-state index in [1.165, 1.54) is 71.2 Å². The highest BCUT2D eigenvalue weighted by Crippen LogP contribution is 2.44. The Morgan fingerprint density at radius 1 is 0.333 bits per heavy atom. The number of hydrogen-bond acceptors (Lipinski definition) is 1. The van der Waals surface area contributed by atoms with Crippen LogP contribution in [0.4, 0.5) is 0 Å². The maximum Gasteiger partial charge on any atom is 0.0723 e. The molecule has 0 aliphatic heterocycles. The molecule has 0 bridgehead atoms. The van der Waals surface area contributed by atoms with Crippen molar-refractivity contribution in [2.45, 2.75) is 0 Å². The van der Waals surface area contributed by atoms with Crippen molar-refractivity contribution in [1.82, 2.24) is 9.55 Å². The van der Waals surface area contributed by atoms with Crippen LogP contribution >= 0.6 is 0 Å². The lowest BCUT2D eigenvalue weighted by molar-refractivity contribution is 1.18. The van der Waals surface area contributed by atoms with E-state index in [9.17, 15) is 0 Å². The molecule has 0 radical (unpaired) electrons. The molecule has 2 heteroatoms. The second-order valence-electron chi connectivity index (χ2n) is 13.1. The number of para-hydroxylation sites is 3. The zero-order valence-corrected chi connectivity index (χ0v) is 27.9. The van der Waals surface area contributed by atoms with Gasteiger partial charge in [0.05, 0.1) is 16.7 Å². The van der Waals surface area contributed by atoms with Crippen LogP contribution in [0.2, 0.25) is 0 Å². The zero-order valence-electron chi connectivity index (χ0n) is 27.9. The first-order valence-electron chi connectivity index (χ1n) is 17.5. The summed E-state index contributed by atoms with van der Waals surface area (Å²) in [5.41, 5.74) is 12.8. The number of aromatic nitrogens is 2. The minimum atomic E-state index is 0.952. The smallest absolute Gasteiger partial charge is 0.0723 e. The van der Waals surface area contributed by atoms with Crippen molar-refractivity contribution >= 4 is 43.4 Å². The fraction of sp³-hybridized carbons (Fsp3) is 0. The summed E-state index contributed by atoms with van der Waals surface area (Å²) in [6.07, 6.45) is 2.06. The molecule has 0 aliphatic carbocycles. The van der Waals surface area contributed by atoms with Gasteiger partial charge < -0.3 is 4.57 Å². The van der Waals surface area contributed by atoms with Gasteiger partial charge in [-0.2, -0.15) is 0 Å². The molecule has 10 aromatic rings. The van der Waals surface area contributed by atoms with E-state index < -0.39 is 0 Å². The largest absolute Gasteiger partial charge is 0.309 e. The van der Waals surface area contributed by atoms with E-state index in [2.05, 4.69) is 199 Å². The molecular weight excluding hydrogens is 617 g/mol. The van der Waals surface area contributed by atoms with Crippen molar-refractivity contribution in [3.05, 3.63) is 194 Å². The van der Waals surface area contributed by atoms with Gasteiger partial charge in [0, 0.05) is 33.8 Å². The molecule has 10 rings (SSSR count). The van der Waals surface area contributed by atoms with Gasteiger partial charge in [-0.3, -0.25) is 4.98 Å². The van der Waals surface area contributed by atoms with Gasteiger partial charge in [-0.15, -0.1) is 0 Å². The van der Waals surface area contributed by atoms with Crippen LogP contribution in [0.15, 0.2) is 194 Å². The van der Waals surface area contributed by atoms with E-state index in [4.69, 9.17) is 4.98 Å². The molecule has 0 fully saturated rings. The van der Waals surface area contributed by atoms with E-state index >= 15 is 0 Å². The Hall–Kier alpha value is -6.77. The highest BCUT2D eigenvalue weighted by molar-refractivity contribution is 6.21. The summed E-state index contributed by atoms with van der Waals surface area (Å²) in [4.78, 5) is 5.20. The first kappa shape index (κ1) is 29.2. The van der Waals surface area contributed by atoms with E-state index in [1.54, 1.807) is 0 Å². The van der Waals surface area contributed by atoms with Gasteiger partial charge in [0.2, 0.25) is 0 Å². The topological polar surface area (TPSA) is 17.8 Å². The van der Waals surface area contributed by atoms with Crippen LogP contribution in [0.3, 0.4) is 0 Å². The molecule has 8 aromatic carbocycles. The van der Waals surface area contributed by atoms with Crippen LogP contribution in [0, 0.1) is 0 Å². The second-order valence-corrected chi connectivity index (χ2v) is 13.1. The SMILES string of the molecule is c1ccc(-c2ccc(-c3c4ccccc4c(-c4ccc(-c5cccc6c7ccccc7n(-c7ccccc7)c56)nc4)c4ccccc34)cc2)cc1. The van der Waals surface area contributed by atoms with E-state index in [-0.39, 0.29) is 0 Å². The third kappa shape index (κ3) is 4.76. The maximum absolute atomic E-state index is 5.20. The van der Waals surface area contributed by atoms with Crippen LogP contribution < -0.4 is 0 Å². The number of nitrogens with zero attached hydrogens (tertiary/aromatic N) is 2. The maximum atomic E-state index is 5.20. The molecule has 0 aliphatic rings. The first-order chi connectivity index (χ1) is 25.3. The summed E-state index contributed by atoms with van der Waals surface area (Å²) in [6, 6.07) is 67.5. The third-order valence-electron chi connectivity index (χ3n) is 10.2. The van der Waals surface area contributed by atoms with Crippen LogP contribution in [-0.4, -0.2) is 9.55 Å². The normalized spacial score (nSPS) is 11.5. The summed E-state index contributed by atoms with van der Waals surface area (Å²) < 4.78 is 2.38. The van der Waals surface area contributed by atoms with Crippen molar-refractivity contribution in [3.8, 4) is 50.3 Å². The average Bonchev–Trinajstić information content (AvgIpc) is 3.55. The summed E-state index contributed by atoms with van der Waals surface area (Å²) in [5, 5.41) is 7.38. The molecule has 238 valence electrons. The van der Waals surface area contributed by atoms with Crippen LogP contribution in [0.1, 0.15) is 0 Å². The predicted octanol–water partition coefficient (Wildman–Crippen LogP) is 13.2. The van der Waals surface area contributed by atoms with Crippen molar-refractivity contribution in [2.24, 2.45) is 0 Å². The van der Waals surface area contributed by atoms with Crippen LogP contribution in [0.25, 0.3) is 93.7 Å². The minimum Gasteiger partial charge on any atom is -0.309 e. The van der Waals surface area contributed by atoms with Crippen molar-refractivity contribution in [1.29, 1.82) is 0 Å². The second kappa shape index (κ2) is 12.0. The van der Waals surface area contributed by atoms with Gasteiger partial charge in [0.25, 0.3) is 0 Å². The highest BCUT2D eigenvalue weighted by Gasteiger charge is 2.19. The Bertz CT molecular complexity index is 2810. The molecule has 0 amide bonds. The molecule has 2 aromatic heterocycles. The zero-order chi connectivity index (χ0) is 33.7. The summed E-state index contributed by atoms with van der Waals surface area (Å²) in [6.45, 7) is 0. The van der Waals surface area contributed by atoms with Gasteiger partial charge >= 0.3 is 0 Å². The molecule has 0 spiro atoms. The summed E-state index contributed by atoms with van der Waals surface area (Å²) in [5.74, 6) is 0.